The Kier molecular flexibility index (Phi) is 54.9. The molecule has 6 nitrogen and oxygen atoms in total. The van der Waals surface area contributed by atoms with Gasteiger partial charge >= 0.3 is 0 Å². The molecule has 0 amide bonds. The van der Waals surface area contributed by atoms with Gasteiger partial charge in [-0.2, -0.15) is 0 Å². The van der Waals surface area contributed by atoms with Crippen LogP contribution in [0.25, 0.3) is 0 Å². The summed E-state index contributed by atoms with van der Waals surface area (Å²) >= 11 is 0. The minimum absolute atomic E-state index is 0.250. The van der Waals surface area contributed by atoms with E-state index in [1.54, 1.807) is 0 Å². The van der Waals surface area contributed by atoms with Crippen molar-refractivity contribution in [2.75, 3.05) is 20.1 Å². The molecule has 0 fully saturated rings. The lowest BCUT2D eigenvalue weighted by Crippen LogP contribution is -2.17. The first kappa shape index (κ1) is 16.4. The highest BCUT2D eigenvalue weighted by Crippen LogP contribution is 1.37. The molecule has 0 unspecified atom stereocenters. The van der Waals surface area contributed by atoms with Crippen LogP contribution in [0, 0.1) is 0 Å². The summed E-state index contributed by atoms with van der Waals surface area (Å²) in [5.41, 5.74) is 5.08. The highest BCUT2D eigenvalue weighted by Gasteiger charge is 1.64. The Bertz CT molecular complexity index is 61.5. The number of nitrogens with two attached hydrogens (primary N) is 1. The second-order valence-electron chi connectivity index (χ2n) is 1.10. The van der Waals surface area contributed by atoms with Gasteiger partial charge in [0.25, 0.3) is 12.9 Å². The van der Waals surface area contributed by atoms with Gasteiger partial charge in [-0.15, -0.1) is 0 Å². The van der Waals surface area contributed by atoms with E-state index >= 15 is 0 Å². The zero-order valence-corrected chi connectivity index (χ0v) is 6.36. The smallest absolute Gasteiger partial charge is 0.290 e. The molecule has 6 heteroatoms. The zero-order valence-electron chi connectivity index (χ0n) is 6.36. The third kappa shape index (κ3) is 564. The molecule has 0 spiro atoms. The Hall–Kier alpha value is -1.14. The molecule has 0 aliphatic heterocycles. The Morgan fingerprint density at radius 3 is 1.64 bits per heavy atom. The molecule has 0 aromatic carbocycles. The average molecular weight is 166 g/mol. The van der Waals surface area contributed by atoms with Crippen molar-refractivity contribution in [3.63, 3.8) is 0 Å². The summed E-state index contributed by atoms with van der Waals surface area (Å²) in [4.78, 5) is 16.7. The molecular weight excluding hydrogens is 152 g/mol. The normalized spacial score (nSPS) is 6.00. The van der Waals surface area contributed by atoms with Gasteiger partial charge in [-0.05, 0) is 7.05 Å². The maximum Gasteiger partial charge on any atom is 0.290 e. The number of carbonyl (C=O) groups is 2. The van der Waals surface area contributed by atoms with Gasteiger partial charge in [0, 0.05) is 13.1 Å². The van der Waals surface area contributed by atoms with Crippen molar-refractivity contribution in [3.8, 4) is 0 Å². The molecule has 0 atom stereocenters. The summed E-state index contributed by atoms with van der Waals surface area (Å²) in [6, 6.07) is 0. The molecule has 0 radical (unpaired) electrons. The fourth-order valence-corrected chi connectivity index (χ4v) is 0.144. The molecule has 0 saturated carbocycles. The first-order valence-corrected chi connectivity index (χ1v) is 2.75. The molecular formula is C5H14N2O4. The topological polar surface area (TPSA) is 113 Å². The van der Waals surface area contributed by atoms with E-state index in [1.165, 1.54) is 0 Å². The van der Waals surface area contributed by atoms with Crippen LogP contribution in [-0.2, 0) is 9.59 Å². The number of likely N-dealkylation sites (N-methyl/N-ethyl adjacent to an activating group) is 1. The second-order valence-corrected chi connectivity index (χ2v) is 1.10. The molecule has 0 aliphatic rings. The van der Waals surface area contributed by atoms with Gasteiger partial charge < -0.3 is 21.3 Å². The van der Waals surface area contributed by atoms with Gasteiger partial charge in [-0.3, -0.25) is 9.59 Å². The number of hydrogen-bond acceptors (Lipinski definition) is 4. The molecule has 0 heterocycles. The van der Waals surface area contributed by atoms with Crippen LogP contribution in [0.3, 0.4) is 0 Å². The summed E-state index contributed by atoms with van der Waals surface area (Å²) in [5, 5.41) is 16.7. The van der Waals surface area contributed by atoms with Crippen LogP contribution in [0.1, 0.15) is 0 Å². The van der Waals surface area contributed by atoms with Crippen molar-refractivity contribution in [2.24, 2.45) is 5.73 Å². The minimum Gasteiger partial charge on any atom is -0.483 e. The molecule has 68 valence electrons. The van der Waals surface area contributed by atoms with Gasteiger partial charge in [0.05, 0.1) is 0 Å². The lowest BCUT2D eigenvalue weighted by atomic mass is 10.7. The SMILES string of the molecule is CNCCN.O=CO.O=CO. The van der Waals surface area contributed by atoms with Crippen molar-refractivity contribution in [1.82, 2.24) is 5.32 Å². The Labute approximate surface area is 65.0 Å². The highest BCUT2D eigenvalue weighted by atomic mass is 16.3. The van der Waals surface area contributed by atoms with Crippen LogP contribution in [0.5, 0.6) is 0 Å². The number of rotatable bonds is 2. The van der Waals surface area contributed by atoms with Crippen LogP contribution >= 0.6 is 0 Å². The van der Waals surface area contributed by atoms with Crippen LogP contribution < -0.4 is 11.1 Å². The molecule has 0 saturated heterocycles. The van der Waals surface area contributed by atoms with Crippen molar-refractivity contribution in [3.05, 3.63) is 0 Å². The molecule has 0 bridgehead atoms. The summed E-state index contributed by atoms with van der Waals surface area (Å²) in [6.45, 7) is 1.15. The predicted molar refractivity (Wildman–Crippen MR) is 40.4 cm³/mol. The van der Waals surface area contributed by atoms with E-state index in [0.717, 1.165) is 13.1 Å². The average Bonchev–Trinajstić information content (AvgIpc) is 1.92. The first-order chi connectivity index (χ1) is 5.24. The molecule has 0 aromatic heterocycles. The minimum atomic E-state index is -0.250. The molecule has 0 aromatic rings. The van der Waals surface area contributed by atoms with Crippen molar-refractivity contribution in [2.45, 2.75) is 0 Å². The predicted octanol–water partition coefficient (Wildman–Crippen LogP) is -1.43. The third-order valence-corrected chi connectivity index (χ3v) is 0.394. The van der Waals surface area contributed by atoms with Gasteiger partial charge in [0.15, 0.2) is 0 Å². The summed E-state index contributed by atoms with van der Waals surface area (Å²) in [6.07, 6.45) is 0. The molecule has 5 N–H and O–H groups in total. The maximum atomic E-state index is 8.36. The van der Waals surface area contributed by atoms with Gasteiger partial charge in [-0.1, -0.05) is 0 Å². The number of hydrogen-bond donors (Lipinski definition) is 4. The van der Waals surface area contributed by atoms with E-state index in [9.17, 15) is 0 Å². The lowest BCUT2D eigenvalue weighted by Gasteiger charge is -1.85. The van der Waals surface area contributed by atoms with Crippen molar-refractivity contribution < 1.29 is 19.8 Å². The van der Waals surface area contributed by atoms with E-state index in [0.29, 0.717) is 0 Å². The fourth-order valence-electron chi connectivity index (χ4n) is 0.144. The van der Waals surface area contributed by atoms with Gasteiger partial charge in [0.1, 0.15) is 0 Å². The Morgan fingerprint density at radius 1 is 1.36 bits per heavy atom. The maximum absolute atomic E-state index is 8.36. The van der Waals surface area contributed by atoms with Crippen LogP contribution in [0.4, 0.5) is 0 Å². The number of nitrogens with one attached hydrogen (secondary N) is 1. The van der Waals surface area contributed by atoms with E-state index < -0.39 is 0 Å². The second kappa shape index (κ2) is 36.7. The van der Waals surface area contributed by atoms with E-state index in [-0.39, 0.29) is 12.9 Å². The summed E-state index contributed by atoms with van der Waals surface area (Å²) < 4.78 is 0. The van der Waals surface area contributed by atoms with Gasteiger partial charge in [-0.25, -0.2) is 0 Å². The van der Waals surface area contributed by atoms with E-state index in [1.807, 2.05) is 7.05 Å². The van der Waals surface area contributed by atoms with Crippen LogP contribution in [0.2, 0.25) is 0 Å². The Morgan fingerprint density at radius 2 is 1.64 bits per heavy atom. The van der Waals surface area contributed by atoms with Crippen LogP contribution in [0.15, 0.2) is 0 Å². The van der Waals surface area contributed by atoms with Crippen LogP contribution in [-0.4, -0.2) is 43.3 Å². The van der Waals surface area contributed by atoms with E-state index in [4.69, 9.17) is 25.5 Å². The standard InChI is InChI=1S/C3H10N2.2CH2O2/c1-5-3-2-4;2*2-1-3/h5H,2-4H2,1H3;2*1H,(H,2,3). The fraction of sp³-hybridized carbons (Fsp3) is 0.600. The summed E-state index contributed by atoms with van der Waals surface area (Å²) in [7, 11) is 1.88. The number of carboxylic acid groups (broad SMARTS) is 2. The Balaban J connectivity index is -0.0000000933. The first-order valence-electron chi connectivity index (χ1n) is 2.75. The molecule has 0 rings (SSSR count). The largest absolute Gasteiger partial charge is 0.483 e. The summed E-state index contributed by atoms with van der Waals surface area (Å²) in [5.74, 6) is 0. The molecule has 0 aliphatic carbocycles. The van der Waals surface area contributed by atoms with Crippen molar-refractivity contribution in [1.29, 1.82) is 0 Å². The highest BCUT2D eigenvalue weighted by molar-refractivity contribution is 5.32. The quantitative estimate of drug-likeness (QED) is 0.374. The molecule has 11 heavy (non-hydrogen) atoms. The lowest BCUT2D eigenvalue weighted by molar-refractivity contribution is -0.123. The van der Waals surface area contributed by atoms with Crippen molar-refractivity contribution >= 4 is 12.9 Å². The monoisotopic (exact) mass is 166 g/mol. The van der Waals surface area contributed by atoms with E-state index in [2.05, 4.69) is 5.32 Å². The third-order valence-electron chi connectivity index (χ3n) is 0.394. The zero-order chi connectivity index (χ0) is 9.54. The van der Waals surface area contributed by atoms with Gasteiger partial charge in [0.2, 0.25) is 0 Å².